The molecule has 3 atom stereocenters. The molecule has 2 aliphatic carbocycles. The molecule has 0 aromatic carbocycles. The van der Waals surface area contributed by atoms with Crippen LogP contribution in [0, 0.1) is 29.6 Å². The molecule has 3 unspecified atom stereocenters. The highest BCUT2D eigenvalue weighted by Crippen LogP contribution is 2.61. The standard InChI is InChI=1S/C20H26F3N5.C9H20S.C8H15N.C6H11NO.C2H6/c1-3-28-17(7-11-25-28)18(14-4-5-14)27-15(16-12-24-13(2)26-16)6-8-19(9-10-19)20(21,22)23;1-4-7-10-8-6-9(3)5-2;1-5-6(2)7(3)8(4)9;1-5-2-3-6(8)7-4-5;1-2/h7,11-12,15,27H,3-6,8-10H2,1-2H3,(H,24,26);9H,4-8H2,1-3H3;9H,5H2,1-4H3;5H,2-4H2,1H3,(H,7,8);1-2H3. The van der Waals surface area contributed by atoms with Crippen LogP contribution < -0.4 is 10.6 Å². The van der Waals surface area contributed by atoms with Crippen LogP contribution >= 0.6 is 11.8 Å². The molecule has 57 heavy (non-hydrogen) atoms. The van der Waals surface area contributed by atoms with E-state index in [0.29, 0.717) is 18.1 Å². The van der Waals surface area contributed by atoms with Crippen molar-refractivity contribution in [2.75, 3.05) is 18.1 Å². The van der Waals surface area contributed by atoms with E-state index in [1.807, 2.05) is 52.3 Å². The van der Waals surface area contributed by atoms with Gasteiger partial charge in [0.15, 0.2) is 0 Å². The summed E-state index contributed by atoms with van der Waals surface area (Å²) >= 11 is 2.10. The van der Waals surface area contributed by atoms with E-state index in [9.17, 15) is 18.0 Å². The molecule has 326 valence electrons. The second-order valence-electron chi connectivity index (χ2n) is 15.7. The molecule has 12 heteroatoms. The maximum absolute atomic E-state index is 13.4. The van der Waals surface area contributed by atoms with E-state index in [4.69, 9.17) is 5.41 Å². The number of nitrogens with zero attached hydrogens (tertiary/aromatic N) is 3. The fraction of sp³-hybridized carbons (Fsp3) is 0.733. The number of carbonyl (C=O) groups is 1. The first-order valence-corrected chi connectivity index (χ1v) is 22.8. The molecule has 2 aromatic heterocycles. The Bertz CT molecular complexity index is 1510. The van der Waals surface area contributed by atoms with Gasteiger partial charge in [-0.1, -0.05) is 60.5 Å². The Labute approximate surface area is 348 Å². The van der Waals surface area contributed by atoms with Crippen molar-refractivity contribution >= 4 is 29.1 Å². The molecule has 0 radical (unpaired) electrons. The van der Waals surface area contributed by atoms with Gasteiger partial charge < -0.3 is 21.0 Å². The Morgan fingerprint density at radius 1 is 1.09 bits per heavy atom. The average Bonchev–Trinajstić information content (AvgIpc) is 4.11. The first kappa shape index (κ1) is 52.0. The predicted molar refractivity (Wildman–Crippen MR) is 237 cm³/mol. The SMILES string of the molecule is CC.CC1CCC(=O)NC1.CCC(C)=C(C)C(C)=N.CCCSCCC(C)CC.CCn1nccc1C(NC(CCC1(C(F)(F)F)CC1)c1cnc(C)[nH]1)=C1CC1. The van der Waals surface area contributed by atoms with Crippen LogP contribution in [-0.2, 0) is 11.3 Å². The molecular formula is C45H78F3N7OS. The molecule has 2 saturated carbocycles. The van der Waals surface area contributed by atoms with Gasteiger partial charge in [-0.3, -0.25) is 9.48 Å². The number of H-pyrrole nitrogens is 1. The minimum atomic E-state index is -4.12. The number of rotatable bonds is 16. The van der Waals surface area contributed by atoms with Crippen LogP contribution in [0.1, 0.15) is 176 Å². The number of alkyl halides is 3. The van der Waals surface area contributed by atoms with Crippen molar-refractivity contribution < 1.29 is 18.0 Å². The number of halogens is 3. The zero-order valence-corrected chi connectivity index (χ0v) is 38.4. The van der Waals surface area contributed by atoms with E-state index in [2.05, 4.69) is 79.0 Å². The fourth-order valence-corrected chi connectivity index (χ4v) is 7.05. The molecule has 1 amide bonds. The number of aryl methyl sites for hydroxylation is 2. The number of imidazole rings is 1. The first-order chi connectivity index (χ1) is 27.0. The number of carbonyl (C=O) groups excluding carboxylic acids is 1. The fourth-order valence-electron chi connectivity index (χ4n) is 5.99. The molecule has 4 N–H and O–H groups in total. The Hall–Kier alpha value is -3.02. The van der Waals surface area contributed by atoms with Crippen molar-refractivity contribution in [3.05, 3.63) is 52.4 Å². The van der Waals surface area contributed by atoms with E-state index in [1.54, 1.807) is 12.4 Å². The summed E-state index contributed by atoms with van der Waals surface area (Å²) in [5.41, 5.74) is 5.78. The summed E-state index contributed by atoms with van der Waals surface area (Å²) in [7, 11) is 0. The van der Waals surface area contributed by atoms with Crippen LogP contribution in [-0.4, -0.2) is 55.6 Å². The normalized spacial score (nSPS) is 17.9. The number of aromatic amines is 1. The predicted octanol–water partition coefficient (Wildman–Crippen LogP) is 12.8. The van der Waals surface area contributed by atoms with E-state index >= 15 is 0 Å². The highest BCUT2D eigenvalue weighted by atomic mass is 32.2. The Balaban J connectivity index is 0.000000458. The Morgan fingerprint density at radius 2 is 1.75 bits per heavy atom. The molecule has 8 nitrogen and oxygen atoms in total. The number of piperidine rings is 1. The van der Waals surface area contributed by atoms with Gasteiger partial charge in [-0.15, -0.1) is 0 Å². The van der Waals surface area contributed by atoms with Gasteiger partial charge in [0.1, 0.15) is 5.82 Å². The van der Waals surface area contributed by atoms with Crippen LogP contribution in [0.25, 0.3) is 5.70 Å². The number of hydrogen-bond donors (Lipinski definition) is 4. The number of nitrogens with one attached hydrogen (secondary N) is 4. The van der Waals surface area contributed by atoms with Crippen molar-refractivity contribution in [1.29, 1.82) is 5.41 Å². The van der Waals surface area contributed by atoms with Crippen molar-refractivity contribution in [1.82, 2.24) is 30.4 Å². The Morgan fingerprint density at radius 3 is 2.18 bits per heavy atom. The molecule has 3 fully saturated rings. The minimum Gasteiger partial charge on any atom is -0.375 e. The molecule has 2 aromatic rings. The monoisotopic (exact) mass is 822 g/mol. The van der Waals surface area contributed by atoms with Gasteiger partial charge in [0.05, 0.1) is 34.7 Å². The second kappa shape index (κ2) is 26.9. The average molecular weight is 822 g/mol. The summed E-state index contributed by atoms with van der Waals surface area (Å²) in [5.74, 6) is 5.30. The van der Waals surface area contributed by atoms with Gasteiger partial charge in [-0.05, 0) is 139 Å². The lowest BCUT2D eigenvalue weighted by molar-refractivity contribution is -0.189. The molecule has 1 aliphatic heterocycles. The third kappa shape index (κ3) is 19.1. The molecule has 0 bridgehead atoms. The van der Waals surface area contributed by atoms with E-state index in [0.717, 1.165) is 79.6 Å². The highest BCUT2D eigenvalue weighted by Gasteiger charge is 2.62. The quantitative estimate of drug-likeness (QED) is 0.0995. The van der Waals surface area contributed by atoms with Gasteiger partial charge in [-0.25, -0.2) is 4.98 Å². The third-order valence-electron chi connectivity index (χ3n) is 11.0. The van der Waals surface area contributed by atoms with Gasteiger partial charge >= 0.3 is 6.18 Å². The maximum Gasteiger partial charge on any atom is 0.394 e. The van der Waals surface area contributed by atoms with Crippen LogP contribution in [0.4, 0.5) is 13.2 Å². The van der Waals surface area contributed by atoms with Crippen molar-refractivity contribution in [3.8, 4) is 0 Å². The van der Waals surface area contributed by atoms with Gasteiger partial charge in [0, 0.05) is 31.4 Å². The number of thioether (sulfide) groups is 1. The minimum absolute atomic E-state index is 0.127. The van der Waals surface area contributed by atoms with E-state index < -0.39 is 11.6 Å². The van der Waals surface area contributed by atoms with Crippen molar-refractivity contribution in [3.63, 3.8) is 0 Å². The summed E-state index contributed by atoms with van der Waals surface area (Å²) in [6, 6.07) is 1.72. The number of aromatic nitrogens is 4. The zero-order chi connectivity index (χ0) is 43.2. The highest BCUT2D eigenvalue weighted by molar-refractivity contribution is 7.99. The maximum atomic E-state index is 13.4. The topological polar surface area (TPSA) is 111 Å². The number of allylic oxidation sites excluding steroid dienone is 3. The Kier molecular flexibility index (Phi) is 24.5. The summed E-state index contributed by atoms with van der Waals surface area (Å²) in [6.07, 6.45) is 9.31. The summed E-state index contributed by atoms with van der Waals surface area (Å²) in [4.78, 5) is 18.0. The molecule has 0 spiro atoms. The molecule has 3 aliphatic rings. The van der Waals surface area contributed by atoms with Crippen LogP contribution in [0.3, 0.4) is 0 Å². The summed E-state index contributed by atoms with van der Waals surface area (Å²) in [5, 5.41) is 18.0. The van der Waals surface area contributed by atoms with Gasteiger partial charge in [-0.2, -0.15) is 30.0 Å². The third-order valence-corrected chi connectivity index (χ3v) is 12.2. The summed E-state index contributed by atoms with van der Waals surface area (Å²) in [6.45, 7) is 26.5. The number of hydrogen-bond acceptors (Lipinski definition) is 6. The smallest absolute Gasteiger partial charge is 0.375 e. The van der Waals surface area contributed by atoms with E-state index in [-0.39, 0.29) is 31.2 Å². The lowest BCUT2D eigenvalue weighted by atomic mass is 9.95. The van der Waals surface area contributed by atoms with Crippen LogP contribution in [0.5, 0.6) is 0 Å². The molecular weight excluding hydrogens is 744 g/mol. The first-order valence-electron chi connectivity index (χ1n) is 21.7. The van der Waals surface area contributed by atoms with Gasteiger partial charge in [0.25, 0.3) is 0 Å². The second-order valence-corrected chi connectivity index (χ2v) is 16.9. The zero-order valence-electron chi connectivity index (χ0n) is 37.6. The van der Waals surface area contributed by atoms with Gasteiger partial charge in [0.2, 0.25) is 5.91 Å². The van der Waals surface area contributed by atoms with Crippen LogP contribution in [0.2, 0.25) is 0 Å². The molecule has 3 heterocycles. The lowest BCUT2D eigenvalue weighted by Crippen LogP contribution is -2.33. The number of amides is 1. The summed E-state index contributed by atoms with van der Waals surface area (Å²) < 4.78 is 42.2. The molecule has 1 saturated heterocycles. The van der Waals surface area contributed by atoms with Crippen molar-refractivity contribution in [2.45, 2.75) is 179 Å². The lowest BCUT2D eigenvalue weighted by Gasteiger charge is -2.25. The van der Waals surface area contributed by atoms with Crippen molar-refractivity contribution in [2.24, 2.45) is 17.3 Å². The molecule has 5 rings (SSSR count). The van der Waals surface area contributed by atoms with Crippen LogP contribution in [0.15, 0.2) is 35.2 Å². The largest absolute Gasteiger partial charge is 0.394 e. The van der Waals surface area contributed by atoms with E-state index in [1.165, 1.54) is 41.9 Å².